The molecular weight excluding hydrogens is 220 g/mol. The van der Waals surface area contributed by atoms with Gasteiger partial charge in [0.15, 0.2) is 6.29 Å². The number of benzene rings is 1. The van der Waals surface area contributed by atoms with E-state index in [1.807, 2.05) is 24.3 Å². The second-order valence-corrected chi connectivity index (χ2v) is 4.06. The highest BCUT2D eigenvalue weighted by Crippen LogP contribution is 2.19. The van der Waals surface area contributed by atoms with E-state index in [9.17, 15) is 5.11 Å². The first kappa shape index (κ1) is 12.4. The van der Waals surface area contributed by atoms with Crippen LogP contribution >= 0.6 is 0 Å². The maximum Gasteiger partial charge on any atom is 0.161 e. The van der Waals surface area contributed by atoms with Gasteiger partial charge < -0.3 is 19.3 Å². The maximum absolute atomic E-state index is 9.45. The Hall–Kier alpha value is -1.10. The summed E-state index contributed by atoms with van der Waals surface area (Å²) in [6.07, 6.45) is 0.119. The highest BCUT2D eigenvalue weighted by molar-refractivity contribution is 5.29. The van der Waals surface area contributed by atoms with Crippen molar-refractivity contribution < 1.29 is 19.3 Å². The van der Waals surface area contributed by atoms with Gasteiger partial charge in [0.25, 0.3) is 0 Å². The first-order chi connectivity index (χ1) is 8.25. The van der Waals surface area contributed by atoms with Gasteiger partial charge in [0, 0.05) is 6.42 Å². The van der Waals surface area contributed by atoms with Crippen molar-refractivity contribution in [3.05, 3.63) is 29.8 Å². The fraction of sp³-hybridized carbons (Fsp3) is 0.538. The molecule has 0 aromatic heterocycles. The van der Waals surface area contributed by atoms with E-state index in [-0.39, 0.29) is 6.29 Å². The molecule has 2 rings (SSSR count). The summed E-state index contributed by atoms with van der Waals surface area (Å²) in [5.74, 6) is 0.765. The van der Waals surface area contributed by atoms with Crippen LogP contribution in [0.4, 0.5) is 0 Å². The van der Waals surface area contributed by atoms with Gasteiger partial charge in [-0.3, -0.25) is 0 Å². The molecule has 0 aliphatic carbocycles. The van der Waals surface area contributed by atoms with Crippen LogP contribution < -0.4 is 4.74 Å². The van der Waals surface area contributed by atoms with Crippen molar-refractivity contribution >= 4 is 0 Å². The third-order valence-electron chi connectivity index (χ3n) is 2.65. The van der Waals surface area contributed by atoms with Crippen molar-refractivity contribution in [2.24, 2.45) is 0 Å². The molecule has 94 valence electrons. The summed E-state index contributed by atoms with van der Waals surface area (Å²) in [6, 6.07) is 7.48. The molecule has 0 saturated carbocycles. The van der Waals surface area contributed by atoms with Crippen molar-refractivity contribution in [2.45, 2.75) is 25.7 Å². The van der Waals surface area contributed by atoms with Gasteiger partial charge in [-0.15, -0.1) is 0 Å². The van der Waals surface area contributed by atoms with Gasteiger partial charge >= 0.3 is 0 Å². The molecule has 0 bridgehead atoms. The molecular formula is C13H18O4. The van der Waals surface area contributed by atoms with Crippen LogP contribution in [-0.2, 0) is 9.47 Å². The molecule has 1 fully saturated rings. The first-order valence-electron chi connectivity index (χ1n) is 5.90. The van der Waals surface area contributed by atoms with Gasteiger partial charge in [-0.1, -0.05) is 12.1 Å². The summed E-state index contributed by atoms with van der Waals surface area (Å²) in [5, 5.41) is 9.45. The monoisotopic (exact) mass is 238 g/mol. The van der Waals surface area contributed by atoms with Crippen LogP contribution in [0.15, 0.2) is 24.3 Å². The minimum atomic E-state index is -0.472. The Labute approximate surface area is 101 Å². The Morgan fingerprint density at radius 3 is 2.88 bits per heavy atom. The zero-order valence-corrected chi connectivity index (χ0v) is 9.96. The lowest BCUT2D eigenvalue weighted by molar-refractivity contribution is -0.0531. The number of aliphatic hydroxyl groups is 1. The van der Waals surface area contributed by atoms with Crippen LogP contribution in [0.25, 0.3) is 0 Å². The summed E-state index contributed by atoms with van der Waals surface area (Å²) in [7, 11) is 0. The van der Waals surface area contributed by atoms with E-state index in [1.54, 1.807) is 6.92 Å². The fourth-order valence-corrected chi connectivity index (χ4v) is 1.71. The molecule has 17 heavy (non-hydrogen) atoms. The summed E-state index contributed by atoms with van der Waals surface area (Å²) in [6.45, 7) is 3.62. The number of hydrogen-bond acceptors (Lipinski definition) is 4. The molecule has 0 spiro atoms. The number of ether oxygens (including phenoxy) is 3. The SMILES string of the molecule is C[C@@H](O)c1cccc(OCCC2OCCO2)c1. The second-order valence-electron chi connectivity index (χ2n) is 4.06. The molecule has 1 heterocycles. The van der Waals surface area contributed by atoms with Gasteiger partial charge in [-0.05, 0) is 24.6 Å². The lowest BCUT2D eigenvalue weighted by Crippen LogP contribution is -2.12. The molecule has 1 saturated heterocycles. The van der Waals surface area contributed by atoms with E-state index < -0.39 is 6.10 Å². The average molecular weight is 238 g/mol. The molecule has 0 unspecified atom stereocenters. The summed E-state index contributed by atoms with van der Waals surface area (Å²) in [5.41, 5.74) is 0.857. The Morgan fingerprint density at radius 1 is 1.41 bits per heavy atom. The van der Waals surface area contributed by atoms with E-state index in [0.717, 1.165) is 17.7 Å². The van der Waals surface area contributed by atoms with Gasteiger partial charge in [-0.25, -0.2) is 0 Å². The van der Waals surface area contributed by atoms with E-state index in [4.69, 9.17) is 14.2 Å². The molecule has 1 N–H and O–H groups in total. The Morgan fingerprint density at radius 2 is 2.18 bits per heavy atom. The van der Waals surface area contributed by atoms with E-state index in [2.05, 4.69) is 0 Å². The van der Waals surface area contributed by atoms with Gasteiger partial charge in [0.05, 0.1) is 25.9 Å². The minimum Gasteiger partial charge on any atom is -0.493 e. The average Bonchev–Trinajstić information content (AvgIpc) is 2.82. The van der Waals surface area contributed by atoms with Crippen molar-refractivity contribution in [1.29, 1.82) is 0 Å². The summed E-state index contributed by atoms with van der Waals surface area (Å²) >= 11 is 0. The number of rotatable bonds is 5. The molecule has 1 aliphatic heterocycles. The molecule has 0 amide bonds. The Bertz CT molecular complexity index is 345. The number of hydrogen-bond donors (Lipinski definition) is 1. The third kappa shape index (κ3) is 3.70. The molecule has 1 aromatic carbocycles. The molecule has 4 nitrogen and oxygen atoms in total. The molecule has 1 aromatic rings. The second kappa shape index (κ2) is 6.00. The van der Waals surface area contributed by atoms with Crippen LogP contribution in [0.1, 0.15) is 25.0 Å². The smallest absolute Gasteiger partial charge is 0.161 e. The van der Waals surface area contributed by atoms with Crippen molar-refractivity contribution in [2.75, 3.05) is 19.8 Å². The largest absolute Gasteiger partial charge is 0.493 e. The zero-order valence-electron chi connectivity index (χ0n) is 9.96. The van der Waals surface area contributed by atoms with Gasteiger partial charge in [0.2, 0.25) is 0 Å². The quantitative estimate of drug-likeness (QED) is 0.851. The summed E-state index contributed by atoms with van der Waals surface area (Å²) in [4.78, 5) is 0. The van der Waals surface area contributed by atoms with Crippen molar-refractivity contribution in [3.8, 4) is 5.75 Å². The molecule has 4 heteroatoms. The minimum absolute atomic E-state index is 0.130. The fourth-order valence-electron chi connectivity index (χ4n) is 1.71. The van der Waals surface area contributed by atoms with Crippen LogP contribution in [0.5, 0.6) is 5.75 Å². The van der Waals surface area contributed by atoms with Crippen molar-refractivity contribution in [3.63, 3.8) is 0 Å². The topological polar surface area (TPSA) is 47.9 Å². The van der Waals surface area contributed by atoms with Gasteiger partial charge in [-0.2, -0.15) is 0 Å². The highest BCUT2D eigenvalue weighted by Gasteiger charge is 2.15. The van der Waals surface area contributed by atoms with Crippen LogP contribution in [0.2, 0.25) is 0 Å². The lowest BCUT2D eigenvalue weighted by Gasteiger charge is -2.11. The van der Waals surface area contributed by atoms with E-state index >= 15 is 0 Å². The highest BCUT2D eigenvalue weighted by atomic mass is 16.7. The standard InChI is InChI=1S/C13H18O4/c1-10(14)11-3-2-4-12(9-11)15-6-5-13-16-7-8-17-13/h2-4,9-10,13-14H,5-8H2,1H3/t10-/m1/s1. The van der Waals surface area contributed by atoms with Crippen LogP contribution in [0, 0.1) is 0 Å². The number of aliphatic hydroxyl groups excluding tert-OH is 1. The van der Waals surface area contributed by atoms with Crippen LogP contribution in [-0.4, -0.2) is 31.2 Å². The maximum atomic E-state index is 9.45. The zero-order chi connectivity index (χ0) is 12.1. The third-order valence-corrected chi connectivity index (χ3v) is 2.65. The predicted molar refractivity (Wildman–Crippen MR) is 62.9 cm³/mol. The van der Waals surface area contributed by atoms with E-state index in [1.165, 1.54) is 0 Å². The summed E-state index contributed by atoms with van der Waals surface area (Å²) < 4.78 is 16.2. The Balaban J connectivity index is 1.79. The van der Waals surface area contributed by atoms with E-state index in [0.29, 0.717) is 19.8 Å². The normalized spacial score (nSPS) is 18.2. The van der Waals surface area contributed by atoms with Crippen LogP contribution in [0.3, 0.4) is 0 Å². The molecule has 0 radical (unpaired) electrons. The molecule has 1 aliphatic rings. The predicted octanol–water partition coefficient (Wildman–Crippen LogP) is 1.88. The first-order valence-corrected chi connectivity index (χ1v) is 5.90. The lowest BCUT2D eigenvalue weighted by atomic mass is 10.1. The Kier molecular flexibility index (Phi) is 4.36. The molecule has 1 atom stereocenters. The van der Waals surface area contributed by atoms with Gasteiger partial charge in [0.1, 0.15) is 5.75 Å². The van der Waals surface area contributed by atoms with Crippen molar-refractivity contribution in [1.82, 2.24) is 0 Å².